The number of nitrogens with zero attached hydrogens (tertiary/aromatic N) is 3. The van der Waals surface area contributed by atoms with E-state index in [2.05, 4.69) is 24.0 Å². The molecule has 0 radical (unpaired) electrons. The third kappa shape index (κ3) is 3.63. The molecule has 6 heteroatoms. The summed E-state index contributed by atoms with van der Waals surface area (Å²) < 4.78 is 11.3. The van der Waals surface area contributed by atoms with E-state index in [1.807, 2.05) is 11.8 Å². The number of carbonyl (C=O) groups excluding carboxylic acids is 1. The van der Waals surface area contributed by atoms with Gasteiger partial charge in [-0.3, -0.25) is 4.79 Å². The highest BCUT2D eigenvalue weighted by Crippen LogP contribution is 2.39. The summed E-state index contributed by atoms with van der Waals surface area (Å²) in [6.45, 7) is 7.42. The zero-order valence-electron chi connectivity index (χ0n) is 15.0. The van der Waals surface area contributed by atoms with Crippen LogP contribution in [0.5, 0.6) is 0 Å². The molecular formula is C18H29N3O3. The van der Waals surface area contributed by atoms with Gasteiger partial charge in [0.25, 0.3) is 5.89 Å². The zero-order valence-corrected chi connectivity index (χ0v) is 15.0. The Hall–Kier alpha value is -1.43. The molecule has 1 aromatic heterocycles. The molecule has 1 aromatic rings. The molecule has 2 heterocycles. The van der Waals surface area contributed by atoms with Crippen molar-refractivity contribution in [3.63, 3.8) is 0 Å². The topological polar surface area (TPSA) is 68.5 Å². The van der Waals surface area contributed by atoms with Gasteiger partial charge in [0.05, 0.1) is 12.7 Å². The maximum absolute atomic E-state index is 13.1. The lowest BCUT2D eigenvalue weighted by Gasteiger charge is -2.39. The van der Waals surface area contributed by atoms with Crippen LogP contribution in [0.2, 0.25) is 0 Å². The van der Waals surface area contributed by atoms with Crippen LogP contribution in [0.1, 0.15) is 83.0 Å². The van der Waals surface area contributed by atoms with Gasteiger partial charge in [0.2, 0.25) is 5.91 Å². The number of hydrogen-bond donors (Lipinski definition) is 0. The van der Waals surface area contributed by atoms with Crippen molar-refractivity contribution in [3.05, 3.63) is 11.7 Å². The molecule has 1 aliphatic carbocycles. The molecule has 1 aliphatic heterocycles. The molecule has 0 bridgehead atoms. The van der Waals surface area contributed by atoms with E-state index in [1.165, 1.54) is 0 Å². The van der Waals surface area contributed by atoms with Crippen LogP contribution < -0.4 is 0 Å². The van der Waals surface area contributed by atoms with Gasteiger partial charge < -0.3 is 14.2 Å². The van der Waals surface area contributed by atoms with Gasteiger partial charge in [-0.25, -0.2) is 0 Å². The monoisotopic (exact) mass is 335 g/mol. The molecule has 1 saturated carbocycles. The lowest BCUT2D eigenvalue weighted by molar-refractivity contribution is -0.152. The molecule has 3 rings (SSSR count). The average molecular weight is 335 g/mol. The summed E-state index contributed by atoms with van der Waals surface area (Å²) in [6, 6.07) is -0.262. The Balaban J connectivity index is 1.80. The summed E-state index contributed by atoms with van der Waals surface area (Å²) >= 11 is 0. The highest BCUT2D eigenvalue weighted by atomic mass is 16.5. The van der Waals surface area contributed by atoms with Crippen molar-refractivity contribution in [2.24, 2.45) is 5.92 Å². The van der Waals surface area contributed by atoms with Crippen molar-refractivity contribution < 1.29 is 14.1 Å². The van der Waals surface area contributed by atoms with Gasteiger partial charge in [-0.2, -0.15) is 4.98 Å². The first-order valence-electron chi connectivity index (χ1n) is 9.41. The van der Waals surface area contributed by atoms with E-state index in [0.717, 1.165) is 44.3 Å². The van der Waals surface area contributed by atoms with Crippen LogP contribution in [0.3, 0.4) is 0 Å². The van der Waals surface area contributed by atoms with Gasteiger partial charge in [0.15, 0.2) is 5.82 Å². The smallest absolute Gasteiger partial charge is 0.252 e. The third-order valence-electron chi connectivity index (χ3n) is 5.05. The van der Waals surface area contributed by atoms with Gasteiger partial charge in [0, 0.05) is 18.4 Å². The number of rotatable bonds is 7. The predicted molar refractivity (Wildman–Crippen MR) is 89.4 cm³/mol. The fourth-order valence-corrected chi connectivity index (χ4v) is 3.60. The Bertz CT molecular complexity index is 549. The van der Waals surface area contributed by atoms with Crippen LogP contribution >= 0.6 is 0 Å². The number of ether oxygens (including phenoxy) is 1. The summed E-state index contributed by atoms with van der Waals surface area (Å²) in [7, 11) is 0. The Morgan fingerprint density at radius 1 is 1.29 bits per heavy atom. The van der Waals surface area contributed by atoms with Crippen LogP contribution in [-0.2, 0) is 9.53 Å². The molecule has 2 aliphatic rings. The summed E-state index contributed by atoms with van der Waals surface area (Å²) in [4.78, 5) is 19.6. The molecule has 0 unspecified atom stereocenters. The van der Waals surface area contributed by atoms with E-state index >= 15 is 0 Å². The van der Waals surface area contributed by atoms with Gasteiger partial charge >= 0.3 is 0 Å². The first-order chi connectivity index (χ1) is 11.7. The minimum atomic E-state index is -0.262. The molecule has 0 N–H and O–H groups in total. The first kappa shape index (κ1) is 17.4. The predicted octanol–water partition coefficient (Wildman–Crippen LogP) is 3.45. The SMILES string of the molecule is CCCC(CCC)C(=O)N1CCO[C@H](C)[C@H]1c1nc(C2CC2)no1. The highest BCUT2D eigenvalue weighted by molar-refractivity contribution is 5.79. The molecule has 0 aromatic carbocycles. The summed E-state index contributed by atoms with van der Waals surface area (Å²) in [5.74, 6) is 2.06. The van der Waals surface area contributed by atoms with Crippen LogP contribution in [-0.4, -0.2) is 40.2 Å². The summed E-state index contributed by atoms with van der Waals surface area (Å²) in [6.07, 6.45) is 6.05. The fraction of sp³-hybridized carbons (Fsp3) is 0.833. The minimum Gasteiger partial charge on any atom is -0.374 e. The Kier molecular flexibility index (Phi) is 5.54. The largest absolute Gasteiger partial charge is 0.374 e. The van der Waals surface area contributed by atoms with Crippen LogP contribution in [0, 0.1) is 5.92 Å². The van der Waals surface area contributed by atoms with E-state index in [4.69, 9.17) is 9.26 Å². The number of morpholine rings is 1. The first-order valence-corrected chi connectivity index (χ1v) is 9.41. The molecule has 24 heavy (non-hydrogen) atoms. The Morgan fingerprint density at radius 3 is 2.62 bits per heavy atom. The molecule has 0 spiro atoms. The molecular weight excluding hydrogens is 306 g/mol. The van der Waals surface area contributed by atoms with E-state index in [1.54, 1.807) is 0 Å². The lowest BCUT2D eigenvalue weighted by atomic mass is 9.95. The van der Waals surface area contributed by atoms with E-state index in [9.17, 15) is 4.79 Å². The minimum absolute atomic E-state index is 0.0821. The average Bonchev–Trinajstić information content (AvgIpc) is 3.32. The van der Waals surface area contributed by atoms with Crippen molar-refractivity contribution in [1.82, 2.24) is 15.0 Å². The van der Waals surface area contributed by atoms with Gasteiger partial charge in [0.1, 0.15) is 6.04 Å². The van der Waals surface area contributed by atoms with Crippen LogP contribution in [0.4, 0.5) is 0 Å². The van der Waals surface area contributed by atoms with Crippen LogP contribution in [0.25, 0.3) is 0 Å². The number of amides is 1. The molecule has 1 saturated heterocycles. The van der Waals surface area contributed by atoms with Crippen molar-refractivity contribution in [3.8, 4) is 0 Å². The third-order valence-corrected chi connectivity index (χ3v) is 5.05. The van der Waals surface area contributed by atoms with Crippen molar-refractivity contribution in [1.29, 1.82) is 0 Å². The number of hydrogen-bond acceptors (Lipinski definition) is 5. The number of carbonyl (C=O) groups is 1. The van der Waals surface area contributed by atoms with Gasteiger partial charge in [-0.15, -0.1) is 0 Å². The second-order valence-corrected chi connectivity index (χ2v) is 7.09. The van der Waals surface area contributed by atoms with Gasteiger partial charge in [-0.05, 0) is 32.6 Å². The molecule has 6 nitrogen and oxygen atoms in total. The summed E-state index contributed by atoms with van der Waals surface area (Å²) in [5, 5.41) is 4.12. The standard InChI is InChI=1S/C18H29N3O3/c1-4-6-14(7-5-2)18(22)21-10-11-23-12(3)15(21)17-19-16(20-24-17)13-8-9-13/h12-15H,4-11H2,1-3H3/t12-,15+/m1/s1. The number of aromatic nitrogens is 2. The second kappa shape index (κ2) is 7.64. The molecule has 2 fully saturated rings. The van der Waals surface area contributed by atoms with Crippen molar-refractivity contribution in [2.75, 3.05) is 13.2 Å². The van der Waals surface area contributed by atoms with Crippen LogP contribution in [0.15, 0.2) is 4.52 Å². The Morgan fingerprint density at radius 2 is 2.00 bits per heavy atom. The fourth-order valence-electron chi connectivity index (χ4n) is 3.60. The van der Waals surface area contributed by atoms with E-state index in [0.29, 0.717) is 25.0 Å². The van der Waals surface area contributed by atoms with Crippen molar-refractivity contribution >= 4 is 5.91 Å². The normalized spacial score (nSPS) is 24.6. The van der Waals surface area contributed by atoms with Crippen molar-refractivity contribution in [2.45, 2.75) is 77.4 Å². The lowest BCUT2D eigenvalue weighted by Crippen LogP contribution is -2.49. The maximum Gasteiger partial charge on any atom is 0.252 e. The highest BCUT2D eigenvalue weighted by Gasteiger charge is 2.40. The maximum atomic E-state index is 13.1. The molecule has 134 valence electrons. The Labute approximate surface area is 143 Å². The van der Waals surface area contributed by atoms with Gasteiger partial charge in [-0.1, -0.05) is 31.8 Å². The molecule has 1 amide bonds. The second-order valence-electron chi connectivity index (χ2n) is 7.09. The quantitative estimate of drug-likeness (QED) is 0.763. The zero-order chi connectivity index (χ0) is 17.1. The molecule has 2 atom stereocenters. The van der Waals surface area contributed by atoms with E-state index < -0.39 is 0 Å². The summed E-state index contributed by atoms with van der Waals surface area (Å²) in [5.41, 5.74) is 0. The van der Waals surface area contributed by atoms with E-state index in [-0.39, 0.29) is 24.0 Å².